The molecule has 0 amide bonds. The van der Waals surface area contributed by atoms with Crippen LogP contribution >= 0.6 is 23.2 Å². The summed E-state index contributed by atoms with van der Waals surface area (Å²) in [6.45, 7) is 4.04. The molecule has 0 bridgehead atoms. The minimum absolute atomic E-state index is 0.0460. The van der Waals surface area contributed by atoms with E-state index in [0.29, 0.717) is 10.7 Å². The van der Waals surface area contributed by atoms with Crippen LogP contribution in [0.4, 0.5) is 10.1 Å². The highest BCUT2D eigenvalue weighted by Gasteiger charge is 2.08. The molecule has 0 aliphatic rings. The van der Waals surface area contributed by atoms with E-state index in [2.05, 4.69) is 5.32 Å². The van der Waals surface area contributed by atoms with E-state index in [9.17, 15) is 4.39 Å². The van der Waals surface area contributed by atoms with Crippen molar-refractivity contribution in [3.05, 3.63) is 28.0 Å². The largest absolute Gasteiger partial charge is 0.381 e. The Morgan fingerprint density at radius 1 is 1.36 bits per heavy atom. The second-order valence-corrected chi connectivity index (χ2v) is 4.01. The zero-order valence-electron chi connectivity index (χ0n) is 8.07. The maximum absolute atomic E-state index is 13.1. The fourth-order valence-corrected chi connectivity index (χ4v) is 1.44. The van der Waals surface area contributed by atoms with Gasteiger partial charge in [-0.1, -0.05) is 30.1 Å². The minimum atomic E-state index is -0.457. The molecule has 0 aliphatic carbocycles. The van der Waals surface area contributed by atoms with Gasteiger partial charge in [0.15, 0.2) is 0 Å². The summed E-state index contributed by atoms with van der Waals surface area (Å²) in [6.07, 6.45) is 0.945. The van der Waals surface area contributed by atoms with Crippen molar-refractivity contribution in [1.29, 1.82) is 0 Å². The Morgan fingerprint density at radius 3 is 2.57 bits per heavy atom. The number of benzene rings is 1. The van der Waals surface area contributed by atoms with Crippen LogP contribution in [0.1, 0.15) is 20.3 Å². The molecule has 0 aromatic heterocycles. The molecule has 0 radical (unpaired) electrons. The van der Waals surface area contributed by atoms with Crippen molar-refractivity contribution in [3.63, 3.8) is 0 Å². The summed E-state index contributed by atoms with van der Waals surface area (Å²) < 4.78 is 13.1. The molecule has 0 heterocycles. The Labute approximate surface area is 93.2 Å². The smallest absolute Gasteiger partial charge is 0.143 e. The molecule has 0 saturated carbocycles. The van der Waals surface area contributed by atoms with E-state index in [4.69, 9.17) is 23.2 Å². The van der Waals surface area contributed by atoms with Crippen LogP contribution in [0.25, 0.3) is 0 Å². The van der Waals surface area contributed by atoms with E-state index in [1.165, 1.54) is 12.1 Å². The molecule has 4 heteroatoms. The van der Waals surface area contributed by atoms with Crippen molar-refractivity contribution < 1.29 is 4.39 Å². The van der Waals surface area contributed by atoms with Gasteiger partial charge in [-0.3, -0.25) is 0 Å². The third-order valence-corrected chi connectivity index (χ3v) is 2.63. The van der Waals surface area contributed by atoms with Crippen molar-refractivity contribution in [2.24, 2.45) is 0 Å². The van der Waals surface area contributed by atoms with Crippen molar-refractivity contribution in [3.8, 4) is 0 Å². The highest BCUT2D eigenvalue weighted by molar-refractivity contribution is 6.36. The van der Waals surface area contributed by atoms with Crippen molar-refractivity contribution in [1.82, 2.24) is 0 Å². The van der Waals surface area contributed by atoms with Crippen LogP contribution in [-0.4, -0.2) is 6.04 Å². The van der Waals surface area contributed by atoms with E-state index in [1.807, 2.05) is 13.8 Å². The Kier molecular flexibility index (Phi) is 4.02. The first-order valence-corrected chi connectivity index (χ1v) is 5.21. The number of rotatable bonds is 3. The highest BCUT2D eigenvalue weighted by Crippen LogP contribution is 2.28. The van der Waals surface area contributed by atoms with Crippen LogP contribution in [0.3, 0.4) is 0 Å². The van der Waals surface area contributed by atoms with Gasteiger partial charge in [0.25, 0.3) is 0 Å². The SMILES string of the molecule is CCC(C)Nc1cc(F)c(Cl)cc1Cl. The third kappa shape index (κ3) is 2.76. The molecule has 0 fully saturated rings. The Hall–Kier alpha value is -0.470. The molecule has 0 saturated heterocycles. The summed E-state index contributed by atoms with van der Waals surface area (Å²) in [5.74, 6) is -0.457. The molecule has 1 rings (SSSR count). The van der Waals surface area contributed by atoms with E-state index >= 15 is 0 Å². The van der Waals surface area contributed by atoms with Crippen molar-refractivity contribution in [2.45, 2.75) is 26.3 Å². The predicted octanol–water partition coefficient (Wildman–Crippen LogP) is 4.34. The number of anilines is 1. The molecule has 14 heavy (non-hydrogen) atoms. The molecule has 1 nitrogen and oxygen atoms in total. The van der Waals surface area contributed by atoms with E-state index in [0.717, 1.165) is 6.42 Å². The quantitative estimate of drug-likeness (QED) is 0.769. The standard InChI is InChI=1S/C10H12Cl2FN/c1-3-6(2)14-10-5-9(13)7(11)4-8(10)12/h4-6,14H,3H2,1-2H3. The first kappa shape index (κ1) is 11.6. The van der Waals surface area contributed by atoms with Crippen LogP contribution in [0.2, 0.25) is 10.0 Å². The Bertz CT molecular complexity index is 328. The monoisotopic (exact) mass is 235 g/mol. The third-order valence-electron chi connectivity index (χ3n) is 2.02. The van der Waals surface area contributed by atoms with Gasteiger partial charge in [0.1, 0.15) is 5.82 Å². The second kappa shape index (κ2) is 4.85. The predicted molar refractivity (Wildman–Crippen MR) is 59.8 cm³/mol. The maximum atomic E-state index is 13.1. The van der Waals surface area contributed by atoms with Crippen molar-refractivity contribution in [2.75, 3.05) is 5.32 Å². The lowest BCUT2D eigenvalue weighted by molar-refractivity contribution is 0.628. The first-order valence-electron chi connectivity index (χ1n) is 4.45. The summed E-state index contributed by atoms with van der Waals surface area (Å²) in [5, 5.41) is 3.58. The Morgan fingerprint density at radius 2 is 2.00 bits per heavy atom. The topological polar surface area (TPSA) is 12.0 Å². The van der Waals surface area contributed by atoms with Gasteiger partial charge < -0.3 is 5.32 Å². The fourth-order valence-electron chi connectivity index (χ4n) is 1.00. The summed E-state index contributed by atoms with van der Waals surface area (Å²) in [5.41, 5.74) is 0.586. The molecule has 78 valence electrons. The summed E-state index contributed by atoms with van der Waals surface area (Å²) in [7, 11) is 0. The van der Waals surface area contributed by atoms with Crippen molar-refractivity contribution >= 4 is 28.9 Å². The van der Waals surface area contributed by atoms with Crippen LogP contribution in [-0.2, 0) is 0 Å². The first-order chi connectivity index (χ1) is 6.54. The number of hydrogen-bond donors (Lipinski definition) is 1. The van der Waals surface area contributed by atoms with Gasteiger partial charge in [0.05, 0.1) is 15.7 Å². The molecular formula is C10H12Cl2FN. The molecular weight excluding hydrogens is 224 g/mol. The average Bonchev–Trinajstić information content (AvgIpc) is 2.14. The summed E-state index contributed by atoms with van der Waals surface area (Å²) >= 11 is 11.5. The number of nitrogens with one attached hydrogen (secondary N) is 1. The average molecular weight is 236 g/mol. The normalized spacial score (nSPS) is 12.6. The molecule has 0 aliphatic heterocycles. The minimum Gasteiger partial charge on any atom is -0.381 e. The van der Waals surface area contributed by atoms with Crippen LogP contribution in [0.15, 0.2) is 12.1 Å². The fraction of sp³-hybridized carbons (Fsp3) is 0.400. The van der Waals surface area contributed by atoms with Crippen LogP contribution in [0, 0.1) is 5.82 Å². The van der Waals surface area contributed by atoms with Crippen LogP contribution < -0.4 is 5.32 Å². The number of hydrogen-bond acceptors (Lipinski definition) is 1. The summed E-state index contributed by atoms with van der Waals surface area (Å²) in [6, 6.07) is 2.98. The van der Waals surface area contributed by atoms with E-state index < -0.39 is 5.82 Å². The van der Waals surface area contributed by atoms with Gasteiger partial charge in [-0.25, -0.2) is 4.39 Å². The zero-order chi connectivity index (χ0) is 10.7. The molecule has 1 atom stereocenters. The van der Waals surface area contributed by atoms with Crippen LogP contribution in [0.5, 0.6) is 0 Å². The van der Waals surface area contributed by atoms with E-state index in [1.54, 1.807) is 0 Å². The van der Waals surface area contributed by atoms with Gasteiger partial charge in [-0.2, -0.15) is 0 Å². The summed E-state index contributed by atoms with van der Waals surface area (Å²) in [4.78, 5) is 0. The van der Waals surface area contributed by atoms with Gasteiger partial charge in [0.2, 0.25) is 0 Å². The highest BCUT2D eigenvalue weighted by atomic mass is 35.5. The molecule has 1 N–H and O–H groups in total. The molecule has 1 aromatic carbocycles. The Balaban J connectivity index is 2.92. The second-order valence-electron chi connectivity index (χ2n) is 3.20. The van der Waals surface area contributed by atoms with Gasteiger partial charge in [-0.05, 0) is 19.4 Å². The van der Waals surface area contributed by atoms with E-state index in [-0.39, 0.29) is 11.1 Å². The maximum Gasteiger partial charge on any atom is 0.143 e. The lowest BCUT2D eigenvalue weighted by atomic mass is 10.2. The van der Waals surface area contributed by atoms with Gasteiger partial charge in [-0.15, -0.1) is 0 Å². The van der Waals surface area contributed by atoms with Gasteiger partial charge in [0, 0.05) is 12.1 Å². The van der Waals surface area contributed by atoms with Gasteiger partial charge >= 0.3 is 0 Å². The lowest BCUT2D eigenvalue weighted by Gasteiger charge is -2.14. The molecule has 1 unspecified atom stereocenters. The number of halogens is 3. The molecule has 0 spiro atoms. The molecule has 1 aromatic rings. The lowest BCUT2D eigenvalue weighted by Crippen LogP contribution is -2.13. The zero-order valence-corrected chi connectivity index (χ0v) is 9.58.